The molecule has 21 heavy (non-hydrogen) atoms. The Morgan fingerprint density at radius 3 is 2.86 bits per heavy atom. The van der Waals surface area contributed by atoms with E-state index in [2.05, 4.69) is 22.9 Å². The largest absolute Gasteiger partial charge is 0.334 e. The van der Waals surface area contributed by atoms with Crippen LogP contribution >= 0.6 is 15.9 Å². The summed E-state index contributed by atoms with van der Waals surface area (Å²) in [7, 11) is 0. The molecule has 0 bridgehead atoms. The van der Waals surface area contributed by atoms with Crippen LogP contribution in [0.2, 0.25) is 0 Å². The van der Waals surface area contributed by atoms with Crippen molar-refractivity contribution in [3.8, 4) is 0 Å². The third kappa shape index (κ3) is 3.59. The zero-order valence-corrected chi connectivity index (χ0v) is 13.4. The standard InChI is InChI=1S/C14H18BrN3O3/c1-9-2-3-17(13(4-9)8-16)14(19)10-5-11(15)7-12(6-10)18(20)21/h5-7,9,13H,2-4,8,16H2,1H3. The highest BCUT2D eigenvalue weighted by molar-refractivity contribution is 9.10. The molecule has 7 heteroatoms. The number of non-ortho nitro benzene ring substituents is 1. The van der Waals surface area contributed by atoms with Crippen LogP contribution in [0, 0.1) is 16.0 Å². The Kier molecular flexibility index (Phi) is 4.95. The van der Waals surface area contributed by atoms with Gasteiger partial charge in [-0.1, -0.05) is 22.9 Å². The molecule has 114 valence electrons. The maximum atomic E-state index is 12.6. The molecular weight excluding hydrogens is 338 g/mol. The van der Waals surface area contributed by atoms with Gasteiger partial charge in [-0.05, 0) is 24.8 Å². The van der Waals surface area contributed by atoms with Crippen LogP contribution in [0.25, 0.3) is 0 Å². The van der Waals surface area contributed by atoms with E-state index < -0.39 is 4.92 Å². The van der Waals surface area contributed by atoms with Gasteiger partial charge in [-0.3, -0.25) is 14.9 Å². The predicted octanol–water partition coefficient (Wildman–Crippen LogP) is 2.56. The molecule has 0 spiro atoms. The Labute approximate surface area is 131 Å². The monoisotopic (exact) mass is 355 g/mol. The summed E-state index contributed by atoms with van der Waals surface area (Å²) < 4.78 is 0.523. The number of hydrogen-bond donors (Lipinski definition) is 1. The van der Waals surface area contributed by atoms with E-state index in [-0.39, 0.29) is 17.6 Å². The first-order valence-electron chi connectivity index (χ1n) is 6.88. The molecule has 1 aliphatic rings. The lowest BCUT2D eigenvalue weighted by atomic mass is 9.92. The topological polar surface area (TPSA) is 89.5 Å². The number of nitrogens with two attached hydrogens (primary N) is 1. The molecule has 1 heterocycles. The van der Waals surface area contributed by atoms with Crippen LogP contribution in [0.3, 0.4) is 0 Å². The fourth-order valence-electron chi connectivity index (χ4n) is 2.71. The Morgan fingerprint density at radius 2 is 2.24 bits per heavy atom. The van der Waals surface area contributed by atoms with Gasteiger partial charge in [-0.25, -0.2) is 0 Å². The van der Waals surface area contributed by atoms with E-state index in [0.717, 1.165) is 12.8 Å². The van der Waals surface area contributed by atoms with E-state index in [1.54, 1.807) is 11.0 Å². The summed E-state index contributed by atoms with van der Waals surface area (Å²) >= 11 is 3.22. The van der Waals surface area contributed by atoms with Gasteiger partial charge in [0.2, 0.25) is 0 Å². The van der Waals surface area contributed by atoms with Gasteiger partial charge in [-0.2, -0.15) is 0 Å². The molecule has 0 aliphatic carbocycles. The van der Waals surface area contributed by atoms with Crippen molar-refractivity contribution in [2.75, 3.05) is 13.1 Å². The van der Waals surface area contributed by atoms with Crippen molar-refractivity contribution in [1.82, 2.24) is 4.90 Å². The summed E-state index contributed by atoms with van der Waals surface area (Å²) in [5.74, 6) is 0.348. The molecular formula is C14H18BrN3O3. The minimum atomic E-state index is -0.500. The second-order valence-electron chi connectivity index (χ2n) is 5.47. The SMILES string of the molecule is CC1CCN(C(=O)c2cc(Br)cc([N+](=O)[O-])c2)C(CN)C1. The Hall–Kier alpha value is -1.47. The highest BCUT2D eigenvalue weighted by atomic mass is 79.9. The highest BCUT2D eigenvalue weighted by Crippen LogP contribution is 2.26. The maximum Gasteiger partial charge on any atom is 0.271 e. The van der Waals surface area contributed by atoms with E-state index >= 15 is 0 Å². The van der Waals surface area contributed by atoms with Crippen molar-refractivity contribution in [3.05, 3.63) is 38.3 Å². The number of likely N-dealkylation sites (tertiary alicyclic amines) is 1. The normalized spacial score (nSPS) is 22.1. The van der Waals surface area contributed by atoms with E-state index in [1.165, 1.54) is 12.1 Å². The Bertz CT molecular complexity index is 564. The minimum Gasteiger partial charge on any atom is -0.334 e. The number of nitro groups is 1. The van der Waals surface area contributed by atoms with Crippen molar-refractivity contribution >= 4 is 27.5 Å². The molecule has 1 fully saturated rings. The van der Waals surface area contributed by atoms with Crippen LogP contribution in [-0.2, 0) is 0 Å². The first-order valence-corrected chi connectivity index (χ1v) is 7.67. The molecule has 2 rings (SSSR count). The summed E-state index contributed by atoms with van der Waals surface area (Å²) in [5.41, 5.74) is 6.00. The van der Waals surface area contributed by atoms with Gasteiger partial charge in [0.05, 0.1) is 4.92 Å². The Morgan fingerprint density at radius 1 is 1.52 bits per heavy atom. The molecule has 0 radical (unpaired) electrons. The van der Waals surface area contributed by atoms with E-state index in [4.69, 9.17) is 5.73 Å². The van der Waals surface area contributed by atoms with Crippen molar-refractivity contribution < 1.29 is 9.72 Å². The second kappa shape index (κ2) is 6.53. The Balaban J connectivity index is 2.28. The van der Waals surface area contributed by atoms with Crippen LogP contribution in [0.5, 0.6) is 0 Å². The van der Waals surface area contributed by atoms with Gasteiger partial charge in [0.15, 0.2) is 0 Å². The first-order chi connectivity index (χ1) is 9.92. The van der Waals surface area contributed by atoms with Crippen LogP contribution in [-0.4, -0.2) is 34.9 Å². The van der Waals surface area contributed by atoms with Gasteiger partial charge >= 0.3 is 0 Å². The van der Waals surface area contributed by atoms with Gasteiger partial charge in [0.1, 0.15) is 0 Å². The van der Waals surface area contributed by atoms with Gasteiger partial charge in [-0.15, -0.1) is 0 Å². The quantitative estimate of drug-likeness (QED) is 0.666. The molecule has 0 saturated carbocycles. The van der Waals surface area contributed by atoms with Crippen LogP contribution < -0.4 is 5.73 Å². The van der Waals surface area contributed by atoms with Crippen molar-refractivity contribution in [1.29, 1.82) is 0 Å². The number of carbonyl (C=O) groups excluding carboxylic acids is 1. The average molecular weight is 356 g/mol. The fraction of sp³-hybridized carbons (Fsp3) is 0.500. The van der Waals surface area contributed by atoms with E-state index in [0.29, 0.717) is 29.0 Å². The maximum absolute atomic E-state index is 12.6. The van der Waals surface area contributed by atoms with Crippen LogP contribution in [0.15, 0.2) is 22.7 Å². The van der Waals surface area contributed by atoms with Crippen LogP contribution in [0.4, 0.5) is 5.69 Å². The van der Waals surface area contributed by atoms with E-state index in [1.807, 2.05) is 0 Å². The molecule has 2 unspecified atom stereocenters. The smallest absolute Gasteiger partial charge is 0.271 e. The van der Waals surface area contributed by atoms with Gasteiger partial charge in [0.25, 0.3) is 11.6 Å². The van der Waals surface area contributed by atoms with Crippen molar-refractivity contribution in [2.45, 2.75) is 25.8 Å². The highest BCUT2D eigenvalue weighted by Gasteiger charge is 2.30. The number of carbonyl (C=O) groups is 1. The lowest BCUT2D eigenvalue weighted by molar-refractivity contribution is -0.385. The number of amides is 1. The zero-order valence-electron chi connectivity index (χ0n) is 11.8. The van der Waals surface area contributed by atoms with Gasteiger partial charge in [0, 0.05) is 41.3 Å². The van der Waals surface area contributed by atoms with Crippen molar-refractivity contribution in [2.24, 2.45) is 11.7 Å². The number of rotatable bonds is 3. The molecule has 6 nitrogen and oxygen atoms in total. The molecule has 1 aromatic carbocycles. The third-order valence-corrected chi connectivity index (χ3v) is 4.31. The minimum absolute atomic E-state index is 0.000659. The molecule has 1 saturated heterocycles. The second-order valence-corrected chi connectivity index (χ2v) is 6.39. The molecule has 1 aliphatic heterocycles. The fourth-order valence-corrected chi connectivity index (χ4v) is 3.19. The first kappa shape index (κ1) is 15.9. The average Bonchev–Trinajstić information content (AvgIpc) is 2.45. The number of nitrogens with zero attached hydrogens (tertiary/aromatic N) is 2. The molecule has 1 amide bonds. The summed E-state index contributed by atoms with van der Waals surface area (Å²) in [6.07, 6.45) is 1.80. The third-order valence-electron chi connectivity index (χ3n) is 3.85. The molecule has 2 N–H and O–H groups in total. The van der Waals surface area contributed by atoms with Crippen LogP contribution in [0.1, 0.15) is 30.1 Å². The molecule has 2 atom stereocenters. The van der Waals surface area contributed by atoms with E-state index in [9.17, 15) is 14.9 Å². The number of benzene rings is 1. The molecule has 0 aromatic heterocycles. The predicted molar refractivity (Wildman–Crippen MR) is 83.1 cm³/mol. The lowest BCUT2D eigenvalue weighted by Gasteiger charge is -2.38. The molecule has 1 aromatic rings. The number of hydrogen-bond acceptors (Lipinski definition) is 4. The number of halogens is 1. The summed E-state index contributed by atoms with van der Waals surface area (Å²) in [6.45, 7) is 3.20. The summed E-state index contributed by atoms with van der Waals surface area (Å²) in [5, 5.41) is 10.9. The number of piperidine rings is 1. The zero-order chi connectivity index (χ0) is 15.6. The lowest BCUT2D eigenvalue weighted by Crippen LogP contribution is -2.49. The number of nitro benzene ring substituents is 1. The van der Waals surface area contributed by atoms with Gasteiger partial charge < -0.3 is 10.6 Å². The van der Waals surface area contributed by atoms with Crippen molar-refractivity contribution in [3.63, 3.8) is 0 Å². The summed E-state index contributed by atoms with van der Waals surface area (Å²) in [6, 6.07) is 4.31. The summed E-state index contributed by atoms with van der Waals surface area (Å²) in [4.78, 5) is 24.8.